The number of ether oxygens (including phenoxy) is 2. The fraction of sp³-hybridized carbons (Fsp3) is 0.0833. The van der Waals surface area contributed by atoms with Gasteiger partial charge in [0.25, 0.3) is 0 Å². The second-order valence-electron chi connectivity index (χ2n) is 6.58. The molecule has 0 radical (unpaired) electrons. The molecule has 6 heteroatoms. The lowest BCUT2D eigenvalue weighted by atomic mass is 10.0. The van der Waals surface area contributed by atoms with Gasteiger partial charge in [-0.25, -0.2) is 4.68 Å². The zero-order chi connectivity index (χ0) is 21.1. The molecule has 0 aliphatic rings. The molecule has 0 fully saturated rings. The van der Waals surface area contributed by atoms with Crippen molar-refractivity contribution in [2.45, 2.75) is 0 Å². The van der Waals surface area contributed by atoms with E-state index in [1.807, 2.05) is 60.7 Å². The summed E-state index contributed by atoms with van der Waals surface area (Å²) in [6, 6.07) is 22.3. The molecule has 0 amide bonds. The number of benzene rings is 3. The summed E-state index contributed by atoms with van der Waals surface area (Å²) in [5.41, 5.74) is 4.15. The van der Waals surface area contributed by atoms with Gasteiger partial charge in [-0.1, -0.05) is 23.7 Å². The lowest BCUT2D eigenvalue weighted by molar-refractivity contribution is 0.112. The number of halogens is 1. The minimum absolute atomic E-state index is 0.484. The predicted molar refractivity (Wildman–Crippen MR) is 118 cm³/mol. The minimum atomic E-state index is 0.484. The summed E-state index contributed by atoms with van der Waals surface area (Å²) < 4.78 is 12.3. The zero-order valence-electron chi connectivity index (χ0n) is 16.5. The molecule has 4 aromatic rings. The lowest BCUT2D eigenvalue weighted by Crippen LogP contribution is -2.00. The predicted octanol–water partition coefficient (Wildman–Crippen LogP) is 5.69. The Morgan fingerprint density at radius 2 is 1.50 bits per heavy atom. The smallest absolute Gasteiger partial charge is 0.154 e. The van der Waals surface area contributed by atoms with Gasteiger partial charge in [0.2, 0.25) is 0 Å². The average molecular weight is 419 g/mol. The first-order chi connectivity index (χ1) is 14.6. The lowest BCUT2D eigenvalue weighted by Gasteiger charge is -2.10. The third kappa shape index (κ3) is 3.67. The average Bonchev–Trinajstić information content (AvgIpc) is 3.19. The maximum absolute atomic E-state index is 12.2. The Balaban J connectivity index is 1.97. The molecule has 0 aliphatic carbocycles. The Morgan fingerprint density at radius 3 is 2.07 bits per heavy atom. The number of aldehydes is 1. The molecule has 4 rings (SSSR count). The van der Waals surface area contributed by atoms with Crippen molar-refractivity contribution in [3.63, 3.8) is 0 Å². The molecule has 0 spiro atoms. The van der Waals surface area contributed by atoms with E-state index in [0.29, 0.717) is 22.0 Å². The largest absolute Gasteiger partial charge is 0.497 e. The van der Waals surface area contributed by atoms with Crippen molar-refractivity contribution < 1.29 is 14.3 Å². The minimum Gasteiger partial charge on any atom is -0.497 e. The number of aromatic nitrogens is 2. The first kappa shape index (κ1) is 19.7. The van der Waals surface area contributed by atoms with E-state index < -0.39 is 0 Å². The molecule has 3 aromatic carbocycles. The van der Waals surface area contributed by atoms with Crippen LogP contribution in [0.1, 0.15) is 10.4 Å². The third-order valence-electron chi connectivity index (χ3n) is 4.82. The molecule has 5 nitrogen and oxygen atoms in total. The van der Waals surface area contributed by atoms with Crippen molar-refractivity contribution in [1.82, 2.24) is 9.78 Å². The van der Waals surface area contributed by atoms with Crippen LogP contribution < -0.4 is 9.47 Å². The van der Waals surface area contributed by atoms with Gasteiger partial charge in [-0.15, -0.1) is 0 Å². The monoisotopic (exact) mass is 418 g/mol. The van der Waals surface area contributed by atoms with E-state index in [1.165, 1.54) is 0 Å². The normalized spacial score (nSPS) is 10.6. The number of nitrogens with zero attached hydrogens (tertiary/aromatic N) is 2. The van der Waals surface area contributed by atoms with Crippen molar-refractivity contribution in [3.05, 3.63) is 83.4 Å². The molecule has 0 bridgehead atoms. The highest BCUT2D eigenvalue weighted by Gasteiger charge is 2.21. The third-order valence-corrected chi connectivity index (χ3v) is 5.05. The van der Waals surface area contributed by atoms with Gasteiger partial charge in [0, 0.05) is 16.1 Å². The van der Waals surface area contributed by atoms with Gasteiger partial charge >= 0.3 is 0 Å². The Hall–Kier alpha value is -3.57. The Kier molecular flexibility index (Phi) is 5.55. The highest BCUT2D eigenvalue weighted by Crippen LogP contribution is 2.35. The van der Waals surface area contributed by atoms with E-state index in [9.17, 15) is 4.79 Å². The van der Waals surface area contributed by atoms with E-state index >= 15 is 0 Å². The standard InChI is InChI=1S/C24H19ClN2O3/c1-29-20-10-6-16(7-11-20)24-22(15-28)23(17-4-3-5-18(25)14-17)26-27(24)19-8-12-21(30-2)13-9-19/h3-15H,1-2H3. The van der Waals surface area contributed by atoms with Crippen LogP contribution >= 0.6 is 11.6 Å². The van der Waals surface area contributed by atoms with Crippen LogP contribution in [0.2, 0.25) is 5.02 Å². The molecule has 0 aliphatic heterocycles. The molecule has 0 N–H and O–H groups in total. The van der Waals surface area contributed by atoms with E-state index in [1.54, 1.807) is 31.0 Å². The maximum Gasteiger partial charge on any atom is 0.154 e. The Labute approximate surface area is 179 Å². The van der Waals surface area contributed by atoms with Crippen LogP contribution in [0.5, 0.6) is 11.5 Å². The van der Waals surface area contributed by atoms with Crippen molar-refractivity contribution in [1.29, 1.82) is 0 Å². The SMILES string of the molecule is COc1ccc(-c2c(C=O)c(-c3cccc(Cl)c3)nn2-c2ccc(OC)cc2)cc1. The molecule has 0 atom stereocenters. The highest BCUT2D eigenvalue weighted by molar-refractivity contribution is 6.30. The van der Waals surface area contributed by atoms with Crippen molar-refractivity contribution in [2.24, 2.45) is 0 Å². The van der Waals surface area contributed by atoms with E-state index in [4.69, 9.17) is 26.2 Å². The van der Waals surface area contributed by atoms with Crippen LogP contribution in [0.4, 0.5) is 0 Å². The summed E-state index contributed by atoms with van der Waals surface area (Å²) in [4.78, 5) is 12.2. The topological polar surface area (TPSA) is 53.3 Å². The van der Waals surface area contributed by atoms with Gasteiger partial charge in [0.05, 0.1) is 31.2 Å². The quantitative estimate of drug-likeness (QED) is 0.377. The summed E-state index contributed by atoms with van der Waals surface area (Å²) in [6.07, 6.45) is 0.836. The van der Waals surface area contributed by atoms with Crippen molar-refractivity contribution in [3.8, 4) is 39.7 Å². The van der Waals surface area contributed by atoms with Crippen molar-refractivity contribution in [2.75, 3.05) is 14.2 Å². The van der Waals surface area contributed by atoms with Gasteiger partial charge in [-0.05, 0) is 60.7 Å². The van der Waals surface area contributed by atoms with Crippen LogP contribution in [0, 0.1) is 0 Å². The second kappa shape index (κ2) is 8.43. The number of methoxy groups -OCH3 is 2. The summed E-state index contributed by atoms with van der Waals surface area (Å²) in [5.74, 6) is 1.47. The Morgan fingerprint density at radius 1 is 0.867 bits per heavy atom. The van der Waals surface area contributed by atoms with E-state index in [2.05, 4.69) is 0 Å². The van der Waals surface area contributed by atoms with Crippen LogP contribution in [0.15, 0.2) is 72.8 Å². The summed E-state index contributed by atoms with van der Waals surface area (Å²) in [7, 11) is 3.23. The number of rotatable bonds is 6. The molecule has 0 saturated carbocycles. The van der Waals surface area contributed by atoms with Crippen molar-refractivity contribution >= 4 is 17.9 Å². The molecule has 150 valence electrons. The first-order valence-electron chi connectivity index (χ1n) is 9.27. The van der Waals surface area contributed by atoms with Gasteiger partial charge in [-0.3, -0.25) is 4.79 Å². The maximum atomic E-state index is 12.2. The number of hydrogen-bond acceptors (Lipinski definition) is 4. The molecular weight excluding hydrogens is 400 g/mol. The van der Waals surface area contributed by atoms with E-state index in [-0.39, 0.29) is 0 Å². The highest BCUT2D eigenvalue weighted by atomic mass is 35.5. The Bertz CT molecular complexity index is 1180. The first-order valence-corrected chi connectivity index (χ1v) is 9.65. The van der Waals surface area contributed by atoms with Crippen LogP contribution in [0.25, 0.3) is 28.2 Å². The fourth-order valence-corrected chi connectivity index (χ4v) is 3.52. The molecule has 1 heterocycles. The summed E-state index contributed by atoms with van der Waals surface area (Å²) in [5, 5.41) is 5.37. The van der Waals surface area contributed by atoms with Crippen LogP contribution in [-0.2, 0) is 0 Å². The molecule has 0 saturated heterocycles. The van der Waals surface area contributed by atoms with E-state index in [0.717, 1.165) is 34.6 Å². The van der Waals surface area contributed by atoms with Gasteiger partial charge in [0.1, 0.15) is 17.2 Å². The van der Waals surface area contributed by atoms with Gasteiger partial charge < -0.3 is 9.47 Å². The van der Waals surface area contributed by atoms with Crippen LogP contribution in [-0.4, -0.2) is 30.3 Å². The molecule has 0 unspecified atom stereocenters. The molecular formula is C24H19ClN2O3. The van der Waals surface area contributed by atoms with Gasteiger partial charge in [-0.2, -0.15) is 5.10 Å². The van der Waals surface area contributed by atoms with Crippen LogP contribution in [0.3, 0.4) is 0 Å². The van der Waals surface area contributed by atoms with Gasteiger partial charge in [0.15, 0.2) is 6.29 Å². The number of carbonyl (C=O) groups excluding carboxylic acids is 1. The summed E-state index contributed by atoms with van der Waals surface area (Å²) in [6.45, 7) is 0. The molecule has 1 aromatic heterocycles. The zero-order valence-corrected chi connectivity index (χ0v) is 17.3. The summed E-state index contributed by atoms with van der Waals surface area (Å²) >= 11 is 6.19. The number of carbonyl (C=O) groups is 1. The fourth-order valence-electron chi connectivity index (χ4n) is 3.33. The number of hydrogen-bond donors (Lipinski definition) is 0. The second-order valence-corrected chi connectivity index (χ2v) is 7.01. The molecule has 30 heavy (non-hydrogen) atoms.